The Hall–Kier alpha value is 0.430. The van der Waals surface area contributed by atoms with Crippen LogP contribution < -0.4 is 0 Å². The van der Waals surface area contributed by atoms with Gasteiger partial charge in [0.05, 0.1) is 0 Å². The third kappa shape index (κ3) is 1.74. The van der Waals surface area contributed by atoms with Crippen LogP contribution in [-0.4, -0.2) is 52.3 Å². The van der Waals surface area contributed by atoms with E-state index in [1.165, 1.54) is 0 Å². The third-order valence-corrected chi connectivity index (χ3v) is 1.05. The van der Waals surface area contributed by atoms with E-state index in [4.69, 9.17) is 5.21 Å². The van der Waals surface area contributed by atoms with Gasteiger partial charge < -0.3 is 0 Å². The number of hydroxylamine groups is 2. The summed E-state index contributed by atoms with van der Waals surface area (Å²) in [4.78, 5) is 10.2. The smallest absolute Gasteiger partial charge is 0.245 e. The second-order valence-electron chi connectivity index (χ2n) is 1.62. The van der Waals surface area contributed by atoms with E-state index in [0.717, 1.165) is 11.5 Å². The minimum atomic E-state index is -0.153. The number of carbonyl (C=O) groups excluding carboxylic acids is 1. The summed E-state index contributed by atoms with van der Waals surface area (Å²) in [5.41, 5.74) is 0. The van der Waals surface area contributed by atoms with E-state index in [9.17, 15) is 4.79 Å². The monoisotopic (exact) mass is 124 g/mol. The van der Waals surface area contributed by atoms with E-state index in [1.807, 2.05) is 0 Å². The van der Waals surface area contributed by atoms with Crippen molar-refractivity contribution < 1.29 is 10.0 Å². The van der Waals surface area contributed by atoms with Crippen LogP contribution in [0.15, 0.2) is 0 Å². The number of rotatable bonds is 0. The van der Waals surface area contributed by atoms with Crippen molar-refractivity contribution in [2.45, 2.75) is 12.8 Å². The maximum absolute atomic E-state index is 10.2. The maximum Gasteiger partial charge on any atom is 0.245 e. The van der Waals surface area contributed by atoms with E-state index in [0.29, 0.717) is 13.0 Å². The minimum absolute atomic E-state index is 0. The molecule has 1 rings (SSSR count). The van der Waals surface area contributed by atoms with Crippen molar-refractivity contribution in [3.8, 4) is 0 Å². The van der Waals surface area contributed by atoms with Crippen LogP contribution in [0.2, 0.25) is 0 Å². The summed E-state index contributed by atoms with van der Waals surface area (Å²) in [6.45, 7) is 0.513. The first-order valence-corrected chi connectivity index (χ1v) is 2.30. The molecule has 1 radical (unpaired) electrons. The number of amides is 1. The molecule has 4 heteroatoms. The van der Waals surface area contributed by atoms with Gasteiger partial charge in [0.25, 0.3) is 0 Å². The molecular weight excluding hydrogens is 117 g/mol. The summed E-state index contributed by atoms with van der Waals surface area (Å²) in [6, 6.07) is 0. The van der Waals surface area contributed by atoms with Gasteiger partial charge in [0.15, 0.2) is 0 Å². The molecule has 1 amide bonds. The SMILES string of the molecule is O=C1CCCN1O.[Na]. The molecule has 1 N–H and O–H groups in total. The molecule has 0 saturated carbocycles. The summed E-state index contributed by atoms with van der Waals surface area (Å²) in [6.07, 6.45) is 1.31. The molecular formula is C4H7NNaO2. The fourth-order valence-electron chi connectivity index (χ4n) is 0.634. The van der Waals surface area contributed by atoms with Crippen molar-refractivity contribution in [3.05, 3.63) is 0 Å². The van der Waals surface area contributed by atoms with E-state index < -0.39 is 0 Å². The fourth-order valence-corrected chi connectivity index (χ4v) is 0.634. The zero-order valence-electron chi connectivity index (χ0n) is 4.92. The van der Waals surface area contributed by atoms with Crippen LogP contribution in [0.4, 0.5) is 0 Å². The maximum atomic E-state index is 10.2. The molecule has 1 fully saturated rings. The van der Waals surface area contributed by atoms with Crippen LogP contribution in [0.1, 0.15) is 12.8 Å². The summed E-state index contributed by atoms with van der Waals surface area (Å²) in [7, 11) is 0. The second kappa shape index (κ2) is 3.45. The van der Waals surface area contributed by atoms with Crippen molar-refractivity contribution >= 4 is 35.5 Å². The van der Waals surface area contributed by atoms with Gasteiger partial charge in [-0.3, -0.25) is 10.0 Å². The molecule has 3 nitrogen and oxygen atoms in total. The quantitative estimate of drug-likeness (QED) is 0.353. The minimum Gasteiger partial charge on any atom is -0.286 e. The summed E-state index contributed by atoms with van der Waals surface area (Å²) >= 11 is 0. The van der Waals surface area contributed by atoms with Crippen LogP contribution in [0.25, 0.3) is 0 Å². The van der Waals surface area contributed by atoms with Gasteiger partial charge in [-0.2, -0.15) is 0 Å². The van der Waals surface area contributed by atoms with Crippen LogP contribution in [-0.2, 0) is 4.79 Å². The standard InChI is InChI=1S/C4H7NO2.Na/c6-4-2-1-3-5(4)7;/h7H,1-3H2;. The molecule has 0 aromatic rings. The Morgan fingerprint density at radius 3 is 2.38 bits per heavy atom. The topological polar surface area (TPSA) is 40.5 Å². The van der Waals surface area contributed by atoms with Crippen molar-refractivity contribution in [2.24, 2.45) is 0 Å². The van der Waals surface area contributed by atoms with Gasteiger partial charge in [-0.15, -0.1) is 0 Å². The predicted octanol–water partition coefficient (Wildman–Crippen LogP) is -0.383. The molecule has 1 aliphatic rings. The molecule has 8 heavy (non-hydrogen) atoms. The Balaban J connectivity index is 0.000000490. The summed E-state index contributed by atoms with van der Waals surface area (Å²) in [5, 5.41) is 9.25. The van der Waals surface area contributed by atoms with Crippen molar-refractivity contribution in [2.75, 3.05) is 6.54 Å². The van der Waals surface area contributed by atoms with Gasteiger partial charge in [0.2, 0.25) is 5.91 Å². The molecule has 1 aliphatic heterocycles. The molecule has 1 saturated heterocycles. The molecule has 0 spiro atoms. The van der Waals surface area contributed by atoms with Gasteiger partial charge >= 0.3 is 0 Å². The van der Waals surface area contributed by atoms with Crippen LogP contribution in [0, 0.1) is 0 Å². The fraction of sp³-hybridized carbons (Fsp3) is 0.750. The number of hydrogen-bond acceptors (Lipinski definition) is 2. The zero-order valence-corrected chi connectivity index (χ0v) is 6.92. The van der Waals surface area contributed by atoms with Gasteiger partial charge in [0.1, 0.15) is 0 Å². The van der Waals surface area contributed by atoms with Crippen LogP contribution in [0.3, 0.4) is 0 Å². The number of nitrogens with zero attached hydrogens (tertiary/aromatic N) is 1. The second-order valence-corrected chi connectivity index (χ2v) is 1.62. The van der Waals surface area contributed by atoms with Gasteiger partial charge in [0, 0.05) is 42.5 Å². The first-order valence-electron chi connectivity index (χ1n) is 2.30. The first kappa shape index (κ1) is 8.43. The van der Waals surface area contributed by atoms with Gasteiger partial charge in [-0.1, -0.05) is 0 Å². The van der Waals surface area contributed by atoms with Crippen molar-refractivity contribution in [1.82, 2.24) is 5.06 Å². The third-order valence-electron chi connectivity index (χ3n) is 1.05. The molecule has 0 atom stereocenters. The zero-order chi connectivity index (χ0) is 5.28. The van der Waals surface area contributed by atoms with E-state index >= 15 is 0 Å². The van der Waals surface area contributed by atoms with Crippen LogP contribution in [0.5, 0.6) is 0 Å². The summed E-state index contributed by atoms with van der Waals surface area (Å²) in [5.74, 6) is -0.153. The Morgan fingerprint density at radius 1 is 1.62 bits per heavy atom. The van der Waals surface area contributed by atoms with E-state index in [2.05, 4.69) is 0 Å². The molecule has 0 aromatic carbocycles. The summed E-state index contributed by atoms with van der Waals surface area (Å²) < 4.78 is 0. The largest absolute Gasteiger partial charge is 0.286 e. The van der Waals surface area contributed by atoms with Crippen molar-refractivity contribution in [3.63, 3.8) is 0 Å². The van der Waals surface area contributed by atoms with Crippen molar-refractivity contribution in [1.29, 1.82) is 0 Å². The number of carbonyl (C=O) groups is 1. The molecule has 0 aromatic heterocycles. The Bertz CT molecular complexity index is 96.0. The van der Waals surface area contributed by atoms with Gasteiger partial charge in [-0.05, 0) is 6.42 Å². The van der Waals surface area contributed by atoms with E-state index in [-0.39, 0.29) is 35.5 Å². The Labute approximate surface area is 69.9 Å². The predicted molar refractivity (Wildman–Crippen MR) is 28.5 cm³/mol. The number of hydrogen-bond donors (Lipinski definition) is 1. The first-order chi connectivity index (χ1) is 3.30. The molecule has 0 bridgehead atoms. The molecule has 41 valence electrons. The average Bonchev–Trinajstić information content (AvgIpc) is 1.91. The van der Waals surface area contributed by atoms with E-state index in [1.54, 1.807) is 0 Å². The Morgan fingerprint density at radius 2 is 2.25 bits per heavy atom. The molecule has 0 aliphatic carbocycles. The molecule has 1 heterocycles. The van der Waals surface area contributed by atoms with Crippen LogP contribution >= 0.6 is 0 Å². The van der Waals surface area contributed by atoms with Gasteiger partial charge in [-0.25, -0.2) is 5.06 Å². The Kier molecular flexibility index (Phi) is 3.64. The average molecular weight is 124 g/mol. The molecule has 0 unspecified atom stereocenters. The normalized spacial score (nSPS) is 18.6.